The number of anilines is 1. The van der Waals surface area contributed by atoms with Gasteiger partial charge in [-0.15, -0.1) is 0 Å². The third kappa shape index (κ3) is 2.32. The molecule has 1 atom stereocenters. The molecule has 3 rings (SSSR count). The first-order valence-electron chi connectivity index (χ1n) is 6.66. The fraction of sp³-hybridized carbons (Fsp3) is 0.188. The van der Waals surface area contributed by atoms with Crippen LogP contribution in [-0.4, -0.2) is 17.6 Å². The zero-order valence-corrected chi connectivity index (χ0v) is 12.4. The summed E-state index contributed by atoms with van der Waals surface area (Å²) in [5, 5.41) is 10.1. The Hall–Kier alpha value is -2.20. The zero-order chi connectivity index (χ0) is 15.0. The molecule has 0 bridgehead atoms. The van der Waals surface area contributed by atoms with E-state index in [-0.39, 0.29) is 5.75 Å². The molecule has 0 amide bonds. The average Bonchev–Trinajstić information content (AvgIpc) is 2.76. The van der Waals surface area contributed by atoms with Crippen LogP contribution in [0, 0.1) is 0 Å². The maximum Gasteiger partial charge on any atom is 0.196 e. The van der Waals surface area contributed by atoms with Crippen LogP contribution in [0.25, 0.3) is 0 Å². The summed E-state index contributed by atoms with van der Waals surface area (Å²) in [4.78, 5) is 6.37. The van der Waals surface area contributed by atoms with E-state index >= 15 is 0 Å². The second kappa shape index (κ2) is 4.97. The lowest BCUT2D eigenvalue weighted by atomic mass is 9.90. The van der Waals surface area contributed by atoms with Crippen LogP contribution in [0.2, 0.25) is 5.02 Å². The predicted molar refractivity (Wildman–Crippen MR) is 85.9 cm³/mol. The van der Waals surface area contributed by atoms with Gasteiger partial charge < -0.3 is 15.7 Å². The number of guanidine groups is 1. The second-order valence-electron chi connectivity index (χ2n) is 5.31. The molecule has 1 unspecified atom stereocenters. The Labute approximate surface area is 128 Å². The normalized spacial score (nSPS) is 21.4. The summed E-state index contributed by atoms with van der Waals surface area (Å²) < 4.78 is 0. The minimum Gasteiger partial charge on any atom is -0.508 e. The topological polar surface area (TPSA) is 61.9 Å². The molecule has 0 aromatic heterocycles. The van der Waals surface area contributed by atoms with E-state index in [4.69, 9.17) is 17.3 Å². The number of aromatic hydroxyl groups is 1. The van der Waals surface area contributed by atoms with E-state index in [9.17, 15) is 5.11 Å². The summed E-state index contributed by atoms with van der Waals surface area (Å²) >= 11 is 6.09. The molecule has 1 heterocycles. The molecule has 1 aliphatic heterocycles. The van der Waals surface area contributed by atoms with Gasteiger partial charge in [0, 0.05) is 10.7 Å². The number of phenolic OH excluding ortho intramolecular Hbond substituents is 1. The van der Waals surface area contributed by atoms with Gasteiger partial charge in [-0.3, -0.25) is 4.99 Å². The highest BCUT2D eigenvalue weighted by molar-refractivity contribution is 6.31. The fourth-order valence-electron chi connectivity index (χ4n) is 2.70. The maximum atomic E-state index is 9.47. The third-order valence-electron chi connectivity index (χ3n) is 3.83. The molecule has 4 nitrogen and oxygen atoms in total. The molecular weight excluding hydrogens is 286 g/mol. The Kier molecular flexibility index (Phi) is 3.26. The Morgan fingerprint density at radius 2 is 1.95 bits per heavy atom. The molecule has 21 heavy (non-hydrogen) atoms. The largest absolute Gasteiger partial charge is 0.508 e. The van der Waals surface area contributed by atoms with Crippen molar-refractivity contribution in [1.82, 2.24) is 0 Å². The Morgan fingerprint density at radius 1 is 1.24 bits per heavy atom. The number of nitrogens with zero attached hydrogens (tertiary/aromatic N) is 2. The van der Waals surface area contributed by atoms with Crippen molar-refractivity contribution in [3.63, 3.8) is 0 Å². The van der Waals surface area contributed by atoms with Gasteiger partial charge in [0.1, 0.15) is 5.75 Å². The molecule has 2 aromatic rings. The van der Waals surface area contributed by atoms with E-state index in [0.717, 1.165) is 11.3 Å². The van der Waals surface area contributed by atoms with Crippen molar-refractivity contribution >= 4 is 23.2 Å². The van der Waals surface area contributed by atoms with Crippen molar-refractivity contribution < 1.29 is 5.11 Å². The maximum absolute atomic E-state index is 9.47. The van der Waals surface area contributed by atoms with E-state index < -0.39 is 5.54 Å². The Bertz CT molecular complexity index is 699. The molecule has 0 radical (unpaired) electrons. The standard InChI is InChI=1S/C16H16ClN3O/c1-16(11-5-7-14(21)8-6-11)10-19-15(18)20(16)13-4-2-3-12(17)9-13/h2-9,21H,10H2,1H3,(H2,18,19). The first-order chi connectivity index (χ1) is 10.0. The number of hydrogen-bond acceptors (Lipinski definition) is 4. The number of halogens is 1. The van der Waals surface area contributed by atoms with Gasteiger partial charge in [0.2, 0.25) is 0 Å². The van der Waals surface area contributed by atoms with E-state index in [1.54, 1.807) is 12.1 Å². The fourth-order valence-corrected chi connectivity index (χ4v) is 2.89. The van der Waals surface area contributed by atoms with Gasteiger partial charge in [-0.25, -0.2) is 0 Å². The van der Waals surface area contributed by atoms with Gasteiger partial charge >= 0.3 is 0 Å². The Balaban J connectivity index is 2.07. The summed E-state index contributed by atoms with van der Waals surface area (Å²) in [5.74, 6) is 0.705. The van der Waals surface area contributed by atoms with Crippen LogP contribution < -0.4 is 10.6 Å². The number of phenols is 1. The van der Waals surface area contributed by atoms with Crippen molar-refractivity contribution in [2.75, 3.05) is 11.4 Å². The number of nitrogens with two attached hydrogens (primary N) is 1. The molecule has 0 saturated carbocycles. The van der Waals surface area contributed by atoms with Crippen LogP contribution in [0.4, 0.5) is 5.69 Å². The molecule has 3 N–H and O–H groups in total. The van der Waals surface area contributed by atoms with Crippen LogP contribution in [0.5, 0.6) is 5.75 Å². The predicted octanol–water partition coefficient (Wildman–Crippen LogP) is 3.10. The van der Waals surface area contributed by atoms with Gasteiger partial charge in [0.15, 0.2) is 5.96 Å². The van der Waals surface area contributed by atoms with Gasteiger partial charge in [0.05, 0.1) is 12.1 Å². The molecule has 5 heteroatoms. The second-order valence-corrected chi connectivity index (χ2v) is 5.75. The molecule has 2 aromatic carbocycles. The molecule has 1 aliphatic rings. The summed E-state index contributed by atoms with van der Waals surface area (Å²) in [5.41, 5.74) is 7.62. The van der Waals surface area contributed by atoms with Crippen molar-refractivity contribution in [1.29, 1.82) is 0 Å². The van der Waals surface area contributed by atoms with E-state index in [1.807, 2.05) is 41.3 Å². The monoisotopic (exact) mass is 301 g/mol. The zero-order valence-electron chi connectivity index (χ0n) is 11.6. The van der Waals surface area contributed by atoms with Crippen molar-refractivity contribution in [3.8, 4) is 5.75 Å². The van der Waals surface area contributed by atoms with Crippen LogP contribution >= 0.6 is 11.6 Å². The highest BCUT2D eigenvalue weighted by atomic mass is 35.5. The number of benzene rings is 2. The highest BCUT2D eigenvalue weighted by Crippen LogP contribution is 2.37. The molecule has 108 valence electrons. The van der Waals surface area contributed by atoms with Crippen LogP contribution in [0.3, 0.4) is 0 Å². The highest BCUT2D eigenvalue weighted by Gasteiger charge is 2.40. The molecule has 0 aliphatic carbocycles. The summed E-state index contributed by atoms with van der Waals surface area (Å²) in [6, 6.07) is 14.7. The first kappa shape index (κ1) is 13.8. The van der Waals surface area contributed by atoms with E-state index in [0.29, 0.717) is 17.5 Å². The lowest BCUT2D eigenvalue weighted by molar-refractivity contribution is 0.473. The Morgan fingerprint density at radius 3 is 2.62 bits per heavy atom. The number of rotatable bonds is 2. The molecule has 0 spiro atoms. The van der Waals surface area contributed by atoms with Gasteiger partial charge in [-0.2, -0.15) is 0 Å². The van der Waals surface area contributed by atoms with Crippen molar-refractivity contribution in [2.24, 2.45) is 10.7 Å². The summed E-state index contributed by atoms with van der Waals surface area (Å²) in [6.45, 7) is 2.62. The SMILES string of the molecule is CC1(c2ccc(O)cc2)CN=C(N)N1c1cccc(Cl)c1. The lowest BCUT2D eigenvalue weighted by Crippen LogP contribution is -2.47. The summed E-state index contributed by atoms with van der Waals surface area (Å²) in [7, 11) is 0. The molecular formula is C16H16ClN3O. The van der Waals surface area contributed by atoms with Crippen LogP contribution in [0.15, 0.2) is 53.5 Å². The third-order valence-corrected chi connectivity index (χ3v) is 4.06. The minimum atomic E-state index is -0.400. The van der Waals surface area contributed by atoms with E-state index in [2.05, 4.69) is 11.9 Å². The quantitative estimate of drug-likeness (QED) is 0.896. The summed E-state index contributed by atoms with van der Waals surface area (Å²) in [6.07, 6.45) is 0. The average molecular weight is 302 g/mol. The molecule has 0 saturated heterocycles. The number of aliphatic imine (C=N–C) groups is 1. The van der Waals surface area contributed by atoms with Crippen molar-refractivity contribution in [2.45, 2.75) is 12.5 Å². The van der Waals surface area contributed by atoms with Gasteiger partial charge in [0.25, 0.3) is 0 Å². The minimum absolute atomic E-state index is 0.239. The lowest BCUT2D eigenvalue weighted by Gasteiger charge is -2.36. The van der Waals surface area contributed by atoms with E-state index in [1.165, 1.54) is 0 Å². The first-order valence-corrected chi connectivity index (χ1v) is 7.04. The van der Waals surface area contributed by atoms with Crippen LogP contribution in [0.1, 0.15) is 12.5 Å². The van der Waals surface area contributed by atoms with Gasteiger partial charge in [-0.05, 0) is 42.8 Å². The van der Waals surface area contributed by atoms with Gasteiger partial charge in [-0.1, -0.05) is 29.8 Å². The molecule has 0 fully saturated rings. The van der Waals surface area contributed by atoms with Crippen LogP contribution in [-0.2, 0) is 5.54 Å². The van der Waals surface area contributed by atoms with Crippen molar-refractivity contribution in [3.05, 3.63) is 59.1 Å². The number of hydrogen-bond donors (Lipinski definition) is 2. The smallest absolute Gasteiger partial charge is 0.196 e.